The lowest BCUT2D eigenvalue weighted by Crippen LogP contribution is -1.77. The molecule has 0 aliphatic heterocycles. The van der Waals surface area contributed by atoms with E-state index in [1.807, 2.05) is 12.3 Å². The van der Waals surface area contributed by atoms with E-state index >= 15 is 0 Å². The van der Waals surface area contributed by atoms with Gasteiger partial charge in [-0.25, -0.2) is 0 Å². The summed E-state index contributed by atoms with van der Waals surface area (Å²) in [7, 11) is 0. The molecule has 0 aliphatic carbocycles. The maximum Gasteiger partial charge on any atom is 0.146 e. The molecule has 0 saturated carbocycles. The van der Waals surface area contributed by atoms with Gasteiger partial charge < -0.3 is 0 Å². The van der Waals surface area contributed by atoms with Crippen molar-refractivity contribution < 1.29 is 0 Å². The highest BCUT2D eigenvalue weighted by Crippen LogP contribution is 2.10. The summed E-state index contributed by atoms with van der Waals surface area (Å²) >= 11 is 4.56. The monoisotopic (exact) mass is 165 g/mol. The van der Waals surface area contributed by atoms with Gasteiger partial charge in [-0.1, -0.05) is 15.9 Å². The van der Waals surface area contributed by atoms with Crippen LogP contribution in [0.2, 0.25) is 0 Å². The van der Waals surface area contributed by atoms with Crippen molar-refractivity contribution in [1.29, 1.82) is 5.26 Å². The summed E-state index contributed by atoms with van der Waals surface area (Å²) in [6.45, 7) is 0. The number of nitriles is 1. The van der Waals surface area contributed by atoms with E-state index in [1.54, 1.807) is 0 Å². The zero-order valence-electron chi connectivity index (χ0n) is 3.31. The van der Waals surface area contributed by atoms with Gasteiger partial charge in [0.1, 0.15) is 4.16 Å². The number of nitrogens with zero attached hydrogens (tertiary/aromatic N) is 1. The predicted octanol–water partition coefficient (Wildman–Crippen LogP) is 1.59. The molecule has 0 saturated heterocycles. The van der Waals surface area contributed by atoms with Crippen molar-refractivity contribution in [1.82, 2.24) is 0 Å². The molecule has 34 valence electrons. The van der Waals surface area contributed by atoms with Crippen LogP contribution < -0.4 is 0 Å². The van der Waals surface area contributed by atoms with Gasteiger partial charge in [-0.15, -0.1) is 11.8 Å². The highest BCUT2D eigenvalue weighted by molar-refractivity contribution is 9.11. The lowest BCUT2D eigenvalue weighted by Gasteiger charge is -1.85. The molecule has 3 heteroatoms. The fourth-order valence-electron chi connectivity index (χ4n) is 0.0527. The molecule has 0 aromatic rings. The lowest BCUT2D eigenvalue weighted by molar-refractivity contribution is 1.48. The smallest absolute Gasteiger partial charge is 0.146 e. The molecule has 0 aliphatic rings. The van der Waals surface area contributed by atoms with Crippen LogP contribution in [0.5, 0.6) is 0 Å². The summed E-state index contributed by atoms with van der Waals surface area (Å²) in [6, 6.07) is 1.99. The summed E-state index contributed by atoms with van der Waals surface area (Å²) in [5, 5.41) is 8.02. The Kier molecular flexibility index (Phi) is 3.70. The first kappa shape index (κ1) is 6.32. The van der Waals surface area contributed by atoms with Crippen LogP contribution >= 0.6 is 27.7 Å². The maximum atomic E-state index is 8.02. The first-order valence-electron chi connectivity index (χ1n) is 1.37. The van der Waals surface area contributed by atoms with Crippen molar-refractivity contribution in [3.8, 4) is 6.07 Å². The minimum absolute atomic E-state index is 0.0301. The average molecular weight is 166 g/mol. The lowest BCUT2D eigenvalue weighted by atomic mass is 10.9. The van der Waals surface area contributed by atoms with Crippen LogP contribution in [-0.2, 0) is 0 Å². The SMILES string of the molecule is CSC(Br)C#N. The highest BCUT2D eigenvalue weighted by atomic mass is 79.9. The van der Waals surface area contributed by atoms with E-state index in [9.17, 15) is 0 Å². The second-order valence-electron chi connectivity index (χ2n) is 0.681. The van der Waals surface area contributed by atoms with E-state index < -0.39 is 0 Å². The van der Waals surface area contributed by atoms with E-state index in [4.69, 9.17) is 5.26 Å². The molecule has 1 atom stereocenters. The Morgan fingerprint density at radius 2 is 2.50 bits per heavy atom. The molecule has 1 unspecified atom stereocenters. The summed E-state index contributed by atoms with van der Waals surface area (Å²) in [5.41, 5.74) is 0. The number of hydrogen-bond donors (Lipinski definition) is 0. The van der Waals surface area contributed by atoms with Crippen LogP contribution in [0.4, 0.5) is 0 Å². The molecule has 0 N–H and O–H groups in total. The molecule has 0 heterocycles. The number of halogens is 1. The molecule has 0 rings (SSSR count). The zero-order chi connectivity index (χ0) is 4.99. The Labute approximate surface area is 49.9 Å². The summed E-state index contributed by atoms with van der Waals surface area (Å²) in [5.74, 6) is 0. The van der Waals surface area contributed by atoms with Gasteiger partial charge in [0.2, 0.25) is 0 Å². The van der Waals surface area contributed by atoms with Crippen LogP contribution in [0.1, 0.15) is 0 Å². The Bertz CT molecular complexity index is 67.7. The molecular formula is C3H4BrNS. The van der Waals surface area contributed by atoms with Gasteiger partial charge in [-0.05, 0) is 6.26 Å². The number of hydrogen-bond acceptors (Lipinski definition) is 2. The van der Waals surface area contributed by atoms with Crippen molar-refractivity contribution in [3.63, 3.8) is 0 Å². The zero-order valence-corrected chi connectivity index (χ0v) is 5.71. The van der Waals surface area contributed by atoms with Crippen molar-refractivity contribution >= 4 is 27.7 Å². The van der Waals surface area contributed by atoms with Crippen LogP contribution in [0.25, 0.3) is 0 Å². The topological polar surface area (TPSA) is 23.8 Å². The van der Waals surface area contributed by atoms with Crippen LogP contribution in [0.3, 0.4) is 0 Å². The van der Waals surface area contributed by atoms with Gasteiger partial charge in [-0.2, -0.15) is 5.26 Å². The third-order valence-electron chi connectivity index (χ3n) is 0.308. The van der Waals surface area contributed by atoms with E-state index in [2.05, 4.69) is 15.9 Å². The minimum Gasteiger partial charge on any atom is -0.196 e. The second-order valence-corrected chi connectivity index (χ2v) is 3.15. The molecular weight excluding hydrogens is 162 g/mol. The Morgan fingerprint density at radius 1 is 2.00 bits per heavy atom. The molecule has 0 fully saturated rings. The van der Waals surface area contributed by atoms with Gasteiger partial charge in [0.05, 0.1) is 6.07 Å². The largest absolute Gasteiger partial charge is 0.196 e. The molecule has 0 radical (unpaired) electrons. The van der Waals surface area contributed by atoms with Gasteiger partial charge >= 0.3 is 0 Å². The van der Waals surface area contributed by atoms with Gasteiger partial charge in [0.15, 0.2) is 0 Å². The third kappa shape index (κ3) is 2.55. The fraction of sp³-hybridized carbons (Fsp3) is 0.667. The normalized spacial score (nSPS) is 12.8. The van der Waals surface area contributed by atoms with Crippen LogP contribution in [-0.4, -0.2) is 10.4 Å². The number of rotatable bonds is 1. The van der Waals surface area contributed by atoms with Crippen molar-refractivity contribution in [2.45, 2.75) is 4.16 Å². The number of thioether (sulfide) groups is 1. The molecule has 0 aromatic heterocycles. The quantitative estimate of drug-likeness (QED) is 0.552. The van der Waals surface area contributed by atoms with Gasteiger partial charge in [0, 0.05) is 0 Å². The summed E-state index contributed by atoms with van der Waals surface area (Å²) in [4.78, 5) is 0. The molecule has 1 nitrogen and oxygen atoms in total. The first-order valence-corrected chi connectivity index (χ1v) is 3.58. The van der Waals surface area contributed by atoms with Crippen molar-refractivity contribution in [2.24, 2.45) is 0 Å². The predicted molar refractivity (Wildman–Crippen MR) is 31.8 cm³/mol. The fourth-order valence-corrected chi connectivity index (χ4v) is 0.158. The maximum absolute atomic E-state index is 8.02. The first-order chi connectivity index (χ1) is 2.81. The Balaban J connectivity index is 3.04. The highest BCUT2D eigenvalue weighted by Gasteiger charge is 1.91. The molecule has 0 bridgehead atoms. The molecule has 0 spiro atoms. The van der Waals surface area contributed by atoms with Crippen molar-refractivity contribution in [2.75, 3.05) is 6.26 Å². The Morgan fingerprint density at radius 3 is 2.50 bits per heavy atom. The van der Waals surface area contributed by atoms with Crippen LogP contribution in [0.15, 0.2) is 0 Å². The van der Waals surface area contributed by atoms with E-state index in [1.165, 1.54) is 11.8 Å². The van der Waals surface area contributed by atoms with Crippen molar-refractivity contribution in [3.05, 3.63) is 0 Å². The molecule has 0 aromatic carbocycles. The summed E-state index contributed by atoms with van der Waals surface area (Å²) < 4.78 is -0.0301. The third-order valence-corrected chi connectivity index (χ3v) is 2.15. The van der Waals surface area contributed by atoms with E-state index in [0.29, 0.717) is 0 Å². The minimum atomic E-state index is -0.0301. The standard InChI is InChI=1S/C3H4BrNS/c1-6-3(4)2-5/h3H,1H3. The van der Waals surface area contributed by atoms with E-state index in [-0.39, 0.29) is 4.16 Å². The Hall–Kier alpha value is 0.320. The van der Waals surface area contributed by atoms with E-state index in [0.717, 1.165) is 0 Å². The second kappa shape index (κ2) is 3.51. The number of alkyl halides is 1. The molecule has 6 heavy (non-hydrogen) atoms. The van der Waals surface area contributed by atoms with Crippen LogP contribution in [0, 0.1) is 11.3 Å². The molecule has 0 amide bonds. The van der Waals surface area contributed by atoms with Gasteiger partial charge in [-0.3, -0.25) is 0 Å². The average Bonchev–Trinajstić information content (AvgIpc) is 1.65. The summed E-state index contributed by atoms with van der Waals surface area (Å²) in [6.07, 6.45) is 1.88. The van der Waals surface area contributed by atoms with Gasteiger partial charge in [0.25, 0.3) is 0 Å².